The third-order valence-corrected chi connectivity index (χ3v) is 2.85. The maximum Gasteiger partial charge on any atom is 0.338 e. The lowest BCUT2D eigenvalue weighted by atomic mass is 10.2. The summed E-state index contributed by atoms with van der Waals surface area (Å²) in [6.07, 6.45) is 3.94. The van der Waals surface area contributed by atoms with Crippen LogP contribution in [-0.4, -0.2) is 25.7 Å². The monoisotopic (exact) mass is 291 g/mol. The number of hydrogen-bond acceptors (Lipinski definition) is 4. The van der Waals surface area contributed by atoms with E-state index >= 15 is 0 Å². The molecule has 0 fully saturated rings. The predicted molar refractivity (Wildman–Crippen MR) is 80.4 cm³/mol. The van der Waals surface area contributed by atoms with Gasteiger partial charge in [0.2, 0.25) is 0 Å². The average molecular weight is 291 g/mol. The summed E-state index contributed by atoms with van der Waals surface area (Å²) in [6.45, 7) is 3.35. The number of unbranched alkanes of at least 4 members (excludes halogenated alkanes) is 3. The summed E-state index contributed by atoms with van der Waals surface area (Å²) >= 11 is 0. The molecule has 0 aliphatic carbocycles. The van der Waals surface area contributed by atoms with E-state index < -0.39 is 0 Å². The Labute approximate surface area is 124 Å². The molecule has 0 saturated carbocycles. The van der Waals surface area contributed by atoms with E-state index in [1.165, 1.54) is 0 Å². The lowest BCUT2D eigenvalue weighted by Gasteiger charge is -2.07. The molecule has 0 amide bonds. The van der Waals surface area contributed by atoms with Crippen molar-refractivity contribution in [1.82, 2.24) is 0 Å². The molecule has 21 heavy (non-hydrogen) atoms. The molecule has 1 rings (SSSR count). The predicted octanol–water partition coefficient (Wildman–Crippen LogP) is 4.11. The van der Waals surface area contributed by atoms with Gasteiger partial charge in [0.05, 0.1) is 18.8 Å². The first-order valence-corrected chi connectivity index (χ1v) is 7.18. The van der Waals surface area contributed by atoms with Gasteiger partial charge in [-0.3, -0.25) is 0 Å². The third kappa shape index (κ3) is 7.22. The molecule has 0 N–H and O–H groups in total. The molecular weight excluding hydrogens is 270 g/mol. The van der Waals surface area contributed by atoms with Gasteiger partial charge in [-0.05, 0) is 49.6 Å². The Kier molecular flexibility index (Phi) is 8.48. The van der Waals surface area contributed by atoms with Crippen LogP contribution < -0.4 is 4.74 Å². The van der Waals surface area contributed by atoms with Gasteiger partial charge in [0.25, 0.3) is 0 Å². The number of benzene rings is 1. The molecule has 0 saturated heterocycles. The number of esters is 1. The van der Waals surface area contributed by atoms with Crippen molar-refractivity contribution in [3.05, 3.63) is 40.3 Å². The fourth-order valence-corrected chi connectivity index (χ4v) is 1.77. The Bertz CT molecular complexity index is 468. The first-order chi connectivity index (χ1) is 10.3. The summed E-state index contributed by atoms with van der Waals surface area (Å²) in [5.74, 6) is 0.432. The molecule has 0 radical (unpaired) electrons. The molecule has 0 unspecified atom stereocenters. The van der Waals surface area contributed by atoms with Crippen molar-refractivity contribution in [1.29, 1.82) is 0 Å². The van der Waals surface area contributed by atoms with Gasteiger partial charge in [-0.25, -0.2) is 4.79 Å². The van der Waals surface area contributed by atoms with Crippen LogP contribution in [0.5, 0.6) is 5.75 Å². The van der Waals surface area contributed by atoms with Gasteiger partial charge in [-0.15, -0.1) is 0 Å². The van der Waals surface area contributed by atoms with Crippen molar-refractivity contribution in [3.8, 4) is 5.75 Å². The van der Waals surface area contributed by atoms with Crippen molar-refractivity contribution in [3.63, 3.8) is 0 Å². The number of ether oxygens (including phenoxy) is 2. The van der Waals surface area contributed by atoms with E-state index in [2.05, 4.69) is 10.0 Å². The van der Waals surface area contributed by atoms with Gasteiger partial charge in [0, 0.05) is 11.5 Å². The maximum absolute atomic E-state index is 11.5. The van der Waals surface area contributed by atoms with E-state index in [4.69, 9.17) is 15.0 Å². The highest BCUT2D eigenvalue weighted by atomic mass is 16.5. The largest absolute Gasteiger partial charge is 0.494 e. The van der Waals surface area contributed by atoms with Crippen LogP contribution in [0, 0.1) is 0 Å². The number of carbonyl (C=O) groups excluding carboxylic acids is 1. The van der Waals surface area contributed by atoms with Crippen molar-refractivity contribution < 1.29 is 14.3 Å². The van der Waals surface area contributed by atoms with Crippen LogP contribution in [0.2, 0.25) is 0 Å². The normalized spacial score (nSPS) is 9.76. The highest BCUT2D eigenvalue weighted by molar-refractivity contribution is 5.89. The topological polar surface area (TPSA) is 84.3 Å². The minimum absolute atomic E-state index is 0.316. The van der Waals surface area contributed by atoms with E-state index in [0.717, 1.165) is 31.4 Å². The molecule has 0 bridgehead atoms. The number of hydrogen-bond donors (Lipinski definition) is 0. The number of nitrogens with zero attached hydrogens (tertiary/aromatic N) is 3. The van der Waals surface area contributed by atoms with E-state index in [1.54, 1.807) is 31.2 Å². The smallest absolute Gasteiger partial charge is 0.338 e. The van der Waals surface area contributed by atoms with Crippen LogP contribution in [0.3, 0.4) is 0 Å². The van der Waals surface area contributed by atoms with Gasteiger partial charge < -0.3 is 9.47 Å². The molecule has 6 nitrogen and oxygen atoms in total. The second-order valence-corrected chi connectivity index (χ2v) is 4.46. The Morgan fingerprint density at radius 2 is 1.90 bits per heavy atom. The SMILES string of the molecule is CCOC(=O)c1ccc(OCCCCCCN=[N+]=[N-])cc1. The van der Waals surface area contributed by atoms with Gasteiger partial charge in [-0.1, -0.05) is 18.0 Å². The summed E-state index contributed by atoms with van der Waals surface area (Å²) in [7, 11) is 0. The van der Waals surface area contributed by atoms with E-state index in [1.807, 2.05) is 0 Å². The number of azide groups is 1. The zero-order valence-corrected chi connectivity index (χ0v) is 12.3. The zero-order chi connectivity index (χ0) is 15.3. The Balaban J connectivity index is 2.18. The van der Waals surface area contributed by atoms with Crippen LogP contribution >= 0.6 is 0 Å². The molecule has 6 heteroatoms. The molecule has 1 aromatic carbocycles. The minimum Gasteiger partial charge on any atom is -0.494 e. The van der Waals surface area contributed by atoms with Crippen LogP contribution in [0.4, 0.5) is 0 Å². The lowest BCUT2D eigenvalue weighted by molar-refractivity contribution is 0.0526. The minimum atomic E-state index is -0.316. The van der Waals surface area contributed by atoms with Crippen molar-refractivity contribution in [2.24, 2.45) is 5.11 Å². The van der Waals surface area contributed by atoms with Crippen molar-refractivity contribution in [2.75, 3.05) is 19.8 Å². The third-order valence-electron chi connectivity index (χ3n) is 2.85. The highest BCUT2D eigenvalue weighted by Crippen LogP contribution is 2.13. The van der Waals surface area contributed by atoms with Gasteiger partial charge in [0.1, 0.15) is 5.75 Å². The van der Waals surface area contributed by atoms with Crippen LogP contribution in [0.15, 0.2) is 29.4 Å². The van der Waals surface area contributed by atoms with E-state index in [-0.39, 0.29) is 5.97 Å². The van der Waals surface area contributed by atoms with Crippen molar-refractivity contribution in [2.45, 2.75) is 32.6 Å². The number of carbonyl (C=O) groups is 1. The summed E-state index contributed by atoms with van der Waals surface area (Å²) in [5, 5.41) is 3.48. The number of rotatable bonds is 10. The van der Waals surface area contributed by atoms with E-state index in [9.17, 15) is 4.79 Å². The molecule has 0 atom stereocenters. The summed E-state index contributed by atoms with van der Waals surface area (Å²) in [6, 6.07) is 6.95. The second kappa shape index (κ2) is 10.6. The Morgan fingerprint density at radius 3 is 2.57 bits per heavy atom. The summed E-state index contributed by atoms with van der Waals surface area (Å²) < 4.78 is 10.5. The summed E-state index contributed by atoms with van der Waals surface area (Å²) in [4.78, 5) is 14.2. The summed E-state index contributed by atoms with van der Waals surface area (Å²) in [5.41, 5.74) is 8.66. The van der Waals surface area contributed by atoms with Gasteiger partial charge in [-0.2, -0.15) is 0 Å². The Hall–Kier alpha value is -2.20. The van der Waals surface area contributed by atoms with Gasteiger partial charge >= 0.3 is 5.97 Å². The standard InChI is InChI=1S/C15H21N3O3/c1-2-20-15(19)13-7-9-14(10-8-13)21-12-6-4-3-5-11-17-18-16/h7-10H,2-6,11-12H2,1H3. The molecule has 0 spiro atoms. The Morgan fingerprint density at radius 1 is 1.19 bits per heavy atom. The highest BCUT2D eigenvalue weighted by Gasteiger charge is 2.05. The van der Waals surface area contributed by atoms with Crippen LogP contribution in [0.25, 0.3) is 10.4 Å². The maximum atomic E-state index is 11.5. The lowest BCUT2D eigenvalue weighted by Crippen LogP contribution is -2.04. The van der Waals surface area contributed by atoms with E-state index in [0.29, 0.717) is 25.3 Å². The fourth-order valence-electron chi connectivity index (χ4n) is 1.77. The fraction of sp³-hybridized carbons (Fsp3) is 0.533. The van der Waals surface area contributed by atoms with Crippen molar-refractivity contribution >= 4 is 5.97 Å². The molecule has 0 heterocycles. The molecule has 1 aromatic rings. The molecular formula is C15H21N3O3. The molecule has 114 valence electrons. The average Bonchev–Trinajstić information content (AvgIpc) is 2.51. The van der Waals surface area contributed by atoms with Gasteiger partial charge in [0.15, 0.2) is 0 Å². The molecule has 0 aliphatic heterocycles. The quantitative estimate of drug-likeness (QED) is 0.214. The van der Waals surface area contributed by atoms with Crippen LogP contribution in [-0.2, 0) is 4.74 Å². The molecule has 0 aromatic heterocycles. The zero-order valence-electron chi connectivity index (χ0n) is 12.3. The van der Waals surface area contributed by atoms with Crippen LogP contribution in [0.1, 0.15) is 43.0 Å². The second-order valence-electron chi connectivity index (χ2n) is 4.46. The molecule has 0 aliphatic rings. The first kappa shape index (κ1) is 16.9. The first-order valence-electron chi connectivity index (χ1n) is 7.18.